The van der Waals surface area contributed by atoms with Crippen molar-refractivity contribution in [1.29, 1.82) is 0 Å². The lowest BCUT2D eigenvalue weighted by Gasteiger charge is -2.19. The monoisotopic (exact) mass is 259 g/mol. The second-order valence-corrected chi connectivity index (χ2v) is 4.28. The maximum absolute atomic E-state index is 11.1. The minimum Gasteiger partial charge on any atom is -0.478 e. The first kappa shape index (κ1) is 16.0. The predicted octanol–water partition coefficient (Wildman–Crippen LogP) is 0.695. The molecular formula is C11H17NO6. The largest absolute Gasteiger partial charge is 0.478 e. The van der Waals surface area contributed by atoms with Crippen LogP contribution in [0.5, 0.6) is 0 Å². The van der Waals surface area contributed by atoms with E-state index in [1.807, 2.05) is 0 Å². The van der Waals surface area contributed by atoms with E-state index in [1.54, 1.807) is 20.8 Å². The summed E-state index contributed by atoms with van der Waals surface area (Å²) in [6.07, 6.45) is 1.31. The molecule has 0 aliphatic carbocycles. The summed E-state index contributed by atoms with van der Waals surface area (Å²) in [5.41, 5.74) is -0.641. The number of hydrogen-bond acceptors (Lipinski definition) is 5. The molecule has 0 radical (unpaired) electrons. The molecular weight excluding hydrogens is 242 g/mol. The van der Waals surface area contributed by atoms with Crippen molar-refractivity contribution in [2.45, 2.75) is 26.4 Å². The lowest BCUT2D eigenvalue weighted by molar-refractivity contribution is -0.141. The fourth-order valence-electron chi connectivity index (χ4n) is 0.800. The van der Waals surface area contributed by atoms with E-state index in [-0.39, 0.29) is 13.2 Å². The summed E-state index contributed by atoms with van der Waals surface area (Å²) in [5, 5.41) is 10.5. The second kappa shape index (κ2) is 7.31. The Morgan fingerprint density at radius 2 is 1.89 bits per heavy atom. The van der Waals surface area contributed by atoms with Crippen LogP contribution in [0, 0.1) is 0 Å². The van der Waals surface area contributed by atoms with E-state index < -0.39 is 23.6 Å². The van der Waals surface area contributed by atoms with Crippen LogP contribution in [0.3, 0.4) is 0 Å². The van der Waals surface area contributed by atoms with Gasteiger partial charge in [0.1, 0.15) is 18.8 Å². The molecule has 7 heteroatoms. The number of carbonyl (C=O) groups is 3. The molecule has 0 saturated carbocycles. The van der Waals surface area contributed by atoms with Gasteiger partial charge in [0.2, 0.25) is 0 Å². The Hall–Kier alpha value is -2.05. The topological polar surface area (TPSA) is 102 Å². The molecule has 0 aliphatic heterocycles. The number of amides is 1. The number of alkyl carbamates (subject to hydrolysis) is 1. The fourth-order valence-corrected chi connectivity index (χ4v) is 0.800. The van der Waals surface area contributed by atoms with Gasteiger partial charge in [-0.25, -0.2) is 9.59 Å². The Bertz CT molecular complexity index is 342. The summed E-state index contributed by atoms with van der Waals surface area (Å²) in [7, 11) is 0. The number of carboxylic acids is 1. The molecule has 0 fully saturated rings. The standard InChI is InChI=1S/C11H17NO6/c1-11(2,3)18-10(16)12-7-9(15)17-6-4-5-8(13)14/h4-5H,6-7H2,1-3H3,(H,12,16)(H,13,14)/b5-4+. The summed E-state index contributed by atoms with van der Waals surface area (Å²) in [5.74, 6) is -1.81. The van der Waals surface area contributed by atoms with Crippen LogP contribution in [-0.4, -0.2) is 41.9 Å². The quantitative estimate of drug-likeness (QED) is 0.556. The molecule has 0 heterocycles. The number of ether oxygens (including phenoxy) is 2. The van der Waals surface area contributed by atoms with E-state index >= 15 is 0 Å². The van der Waals surface area contributed by atoms with Crippen molar-refractivity contribution >= 4 is 18.0 Å². The molecule has 0 unspecified atom stereocenters. The number of esters is 1. The van der Waals surface area contributed by atoms with Gasteiger partial charge in [-0.05, 0) is 26.8 Å². The summed E-state index contributed by atoms with van der Waals surface area (Å²) < 4.78 is 9.51. The van der Waals surface area contributed by atoms with Crippen molar-refractivity contribution in [1.82, 2.24) is 5.32 Å². The van der Waals surface area contributed by atoms with Crippen LogP contribution >= 0.6 is 0 Å². The first-order valence-corrected chi connectivity index (χ1v) is 5.22. The smallest absolute Gasteiger partial charge is 0.408 e. The highest BCUT2D eigenvalue weighted by molar-refractivity contribution is 5.80. The molecule has 102 valence electrons. The van der Waals surface area contributed by atoms with Crippen molar-refractivity contribution in [2.75, 3.05) is 13.2 Å². The number of carbonyl (C=O) groups excluding carboxylic acids is 2. The van der Waals surface area contributed by atoms with Gasteiger partial charge in [0.25, 0.3) is 0 Å². The molecule has 0 atom stereocenters. The minimum atomic E-state index is -1.13. The third kappa shape index (κ3) is 10.5. The molecule has 18 heavy (non-hydrogen) atoms. The van der Waals surface area contributed by atoms with Crippen LogP contribution in [0.2, 0.25) is 0 Å². The Labute approximate surface area is 105 Å². The van der Waals surface area contributed by atoms with E-state index in [0.29, 0.717) is 0 Å². The van der Waals surface area contributed by atoms with Crippen LogP contribution < -0.4 is 5.32 Å². The molecule has 0 aliphatic rings. The van der Waals surface area contributed by atoms with Gasteiger partial charge >= 0.3 is 18.0 Å². The van der Waals surface area contributed by atoms with Gasteiger partial charge in [0, 0.05) is 6.08 Å². The first-order chi connectivity index (χ1) is 8.20. The molecule has 0 aromatic heterocycles. The van der Waals surface area contributed by atoms with Crippen molar-refractivity contribution in [2.24, 2.45) is 0 Å². The molecule has 0 saturated heterocycles. The van der Waals surface area contributed by atoms with Crippen LogP contribution in [0.4, 0.5) is 4.79 Å². The van der Waals surface area contributed by atoms with Crippen molar-refractivity contribution < 1.29 is 29.0 Å². The maximum atomic E-state index is 11.1. The Morgan fingerprint density at radius 1 is 1.28 bits per heavy atom. The van der Waals surface area contributed by atoms with E-state index in [1.165, 1.54) is 6.08 Å². The molecule has 0 aromatic carbocycles. The SMILES string of the molecule is CC(C)(C)OC(=O)NCC(=O)OC/C=C/C(=O)O. The number of nitrogens with one attached hydrogen (secondary N) is 1. The van der Waals surface area contributed by atoms with Crippen LogP contribution in [0.1, 0.15) is 20.8 Å². The molecule has 0 spiro atoms. The normalized spacial score (nSPS) is 11.1. The van der Waals surface area contributed by atoms with Crippen molar-refractivity contribution in [3.63, 3.8) is 0 Å². The van der Waals surface area contributed by atoms with Gasteiger partial charge < -0.3 is 19.9 Å². The minimum absolute atomic E-state index is 0.166. The van der Waals surface area contributed by atoms with E-state index in [0.717, 1.165) is 6.08 Å². The van der Waals surface area contributed by atoms with Crippen molar-refractivity contribution in [3.05, 3.63) is 12.2 Å². The number of aliphatic carboxylic acids is 1. The molecule has 1 amide bonds. The van der Waals surface area contributed by atoms with E-state index in [2.05, 4.69) is 10.1 Å². The molecule has 0 bridgehead atoms. The van der Waals surface area contributed by atoms with Crippen LogP contribution in [-0.2, 0) is 19.1 Å². The Kier molecular flexibility index (Phi) is 6.48. The fraction of sp³-hybridized carbons (Fsp3) is 0.545. The third-order valence-corrected chi connectivity index (χ3v) is 1.38. The van der Waals surface area contributed by atoms with Gasteiger partial charge in [-0.1, -0.05) is 0 Å². The highest BCUT2D eigenvalue weighted by Gasteiger charge is 2.16. The van der Waals surface area contributed by atoms with Gasteiger partial charge in [-0.15, -0.1) is 0 Å². The Morgan fingerprint density at radius 3 is 2.39 bits per heavy atom. The zero-order valence-corrected chi connectivity index (χ0v) is 10.6. The summed E-state index contributed by atoms with van der Waals surface area (Å²) in [4.78, 5) is 32.3. The van der Waals surface area contributed by atoms with Gasteiger partial charge in [0.15, 0.2) is 0 Å². The molecule has 2 N–H and O–H groups in total. The summed E-state index contributed by atoms with van der Waals surface area (Å²) in [6.45, 7) is 4.59. The lowest BCUT2D eigenvalue weighted by Crippen LogP contribution is -2.36. The van der Waals surface area contributed by atoms with Crippen LogP contribution in [0.25, 0.3) is 0 Å². The molecule has 0 rings (SSSR count). The average molecular weight is 259 g/mol. The third-order valence-electron chi connectivity index (χ3n) is 1.38. The lowest BCUT2D eigenvalue weighted by atomic mass is 10.2. The van der Waals surface area contributed by atoms with Crippen LogP contribution in [0.15, 0.2) is 12.2 Å². The van der Waals surface area contributed by atoms with Gasteiger partial charge in [-0.2, -0.15) is 0 Å². The maximum Gasteiger partial charge on any atom is 0.408 e. The summed E-state index contributed by atoms with van der Waals surface area (Å²) in [6, 6.07) is 0. The number of carboxylic acid groups (broad SMARTS) is 1. The summed E-state index contributed by atoms with van der Waals surface area (Å²) >= 11 is 0. The zero-order valence-electron chi connectivity index (χ0n) is 10.6. The van der Waals surface area contributed by atoms with E-state index in [9.17, 15) is 14.4 Å². The zero-order chi connectivity index (χ0) is 14.2. The van der Waals surface area contributed by atoms with Gasteiger partial charge in [0.05, 0.1) is 0 Å². The average Bonchev–Trinajstić information content (AvgIpc) is 2.19. The number of hydrogen-bond donors (Lipinski definition) is 2. The Balaban J connectivity index is 3.77. The molecule has 7 nitrogen and oxygen atoms in total. The highest BCUT2D eigenvalue weighted by atomic mass is 16.6. The predicted molar refractivity (Wildman–Crippen MR) is 62.0 cm³/mol. The highest BCUT2D eigenvalue weighted by Crippen LogP contribution is 2.06. The van der Waals surface area contributed by atoms with E-state index in [4.69, 9.17) is 9.84 Å². The molecule has 0 aromatic rings. The van der Waals surface area contributed by atoms with Crippen molar-refractivity contribution in [3.8, 4) is 0 Å². The number of rotatable bonds is 5. The second-order valence-electron chi connectivity index (χ2n) is 4.28. The first-order valence-electron chi connectivity index (χ1n) is 5.22. The van der Waals surface area contributed by atoms with Gasteiger partial charge in [-0.3, -0.25) is 4.79 Å².